The van der Waals surface area contributed by atoms with Gasteiger partial charge in [0.1, 0.15) is 12.6 Å². The first-order valence-electron chi connectivity index (χ1n) is 12.4. The van der Waals surface area contributed by atoms with Crippen LogP contribution in [-0.4, -0.2) is 80.3 Å². The number of anilines is 2. The minimum Gasteiger partial charge on any atom is -0.467 e. The summed E-state index contributed by atoms with van der Waals surface area (Å²) in [5.74, 6) is -0.466. The first-order chi connectivity index (χ1) is 17.7. The molecule has 2 unspecified atom stereocenters. The molecule has 1 fully saturated rings. The summed E-state index contributed by atoms with van der Waals surface area (Å²) in [7, 11) is 3.41. The molecule has 2 aliphatic rings. The normalized spacial score (nSPS) is 21.6. The Morgan fingerprint density at radius 1 is 1.05 bits per heavy atom. The number of likely N-dealkylation sites (N-methyl/N-ethyl adjacent to an activating group) is 1. The molecular weight excluding hydrogens is 540 g/mol. The molecule has 3 atom stereocenters. The SMILES string of the molecule is COC(=O)COC1C[C@H](C(=O)Nc2ccc3c(c2)C(C)CN(C)CC3)N(C(=O)Nc2ccc(Br)cc2)C1. The maximum absolute atomic E-state index is 13.4. The fraction of sp³-hybridized carbons (Fsp3) is 0.444. The number of amides is 3. The van der Waals surface area contributed by atoms with Crippen molar-refractivity contribution in [1.82, 2.24) is 9.80 Å². The Labute approximate surface area is 225 Å². The van der Waals surface area contributed by atoms with Crippen LogP contribution in [0.3, 0.4) is 0 Å². The average molecular weight is 573 g/mol. The lowest BCUT2D eigenvalue weighted by Crippen LogP contribution is -2.45. The van der Waals surface area contributed by atoms with Gasteiger partial charge in [-0.1, -0.05) is 28.9 Å². The third kappa shape index (κ3) is 6.88. The fourth-order valence-corrected chi connectivity index (χ4v) is 5.18. The Bertz CT molecular complexity index is 1140. The third-order valence-electron chi connectivity index (χ3n) is 6.88. The van der Waals surface area contributed by atoms with Gasteiger partial charge in [-0.15, -0.1) is 0 Å². The van der Waals surface area contributed by atoms with Crippen LogP contribution < -0.4 is 10.6 Å². The molecule has 2 heterocycles. The standard InChI is InChI=1S/C27H33BrN4O5/c1-17-14-31(2)11-10-18-4-7-21(12-23(17)18)29-26(34)24-13-22(37-16-25(33)36-3)15-32(24)27(35)30-20-8-5-19(28)6-9-20/h4-9,12,17,22,24H,10-11,13-16H2,1-3H3,(H,29,34)(H,30,35)/t17?,22?,24-/m1/s1. The van der Waals surface area contributed by atoms with Gasteiger partial charge in [-0.2, -0.15) is 0 Å². The summed E-state index contributed by atoms with van der Waals surface area (Å²) in [5.41, 5.74) is 3.84. The van der Waals surface area contributed by atoms with Gasteiger partial charge < -0.3 is 29.9 Å². The number of nitrogens with one attached hydrogen (secondary N) is 2. The molecule has 4 rings (SSSR count). The van der Waals surface area contributed by atoms with Gasteiger partial charge in [0.2, 0.25) is 5.91 Å². The van der Waals surface area contributed by atoms with E-state index in [-0.39, 0.29) is 25.5 Å². The molecule has 0 saturated carbocycles. The van der Waals surface area contributed by atoms with E-state index in [2.05, 4.69) is 56.2 Å². The number of nitrogens with zero attached hydrogens (tertiary/aromatic N) is 2. The molecule has 2 aliphatic heterocycles. The fourth-order valence-electron chi connectivity index (χ4n) is 4.92. The van der Waals surface area contributed by atoms with Crippen LogP contribution in [0.5, 0.6) is 0 Å². The Kier molecular flexibility index (Phi) is 8.83. The number of hydrogen-bond acceptors (Lipinski definition) is 6. The second kappa shape index (κ2) is 12.1. The third-order valence-corrected chi connectivity index (χ3v) is 7.41. The minimum absolute atomic E-state index is 0.172. The highest BCUT2D eigenvalue weighted by molar-refractivity contribution is 9.10. The van der Waals surface area contributed by atoms with Gasteiger partial charge in [0.25, 0.3) is 0 Å². The molecule has 9 nitrogen and oxygen atoms in total. The highest BCUT2D eigenvalue weighted by Crippen LogP contribution is 2.29. The molecule has 3 amide bonds. The lowest BCUT2D eigenvalue weighted by Gasteiger charge is -2.24. The predicted octanol–water partition coefficient (Wildman–Crippen LogP) is 3.84. The summed E-state index contributed by atoms with van der Waals surface area (Å²) in [6.07, 6.45) is 0.756. The average Bonchev–Trinajstić information content (AvgIpc) is 3.26. The summed E-state index contributed by atoms with van der Waals surface area (Å²) >= 11 is 3.38. The smallest absolute Gasteiger partial charge is 0.331 e. The number of rotatable bonds is 6. The van der Waals surface area contributed by atoms with Crippen molar-refractivity contribution in [3.63, 3.8) is 0 Å². The van der Waals surface area contributed by atoms with E-state index in [9.17, 15) is 14.4 Å². The van der Waals surface area contributed by atoms with Crippen LogP contribution in [0.2, 0.25) is 0 Å². The molecule has 2 aromatic carbocycles. The molecule has 2 aromatic rings. The van der Waals surface area contributed by atoms with Crippen LogP contribution >= 0.6 is 15.9 Å². The molecule has 0 radical (unpaired) electrons. The Morgan fingerprint density at radius 2 is 1.78 bits per heavy atom. The van der Waals surface area contributed by atoms with Crippen LogP contribution in [0.25, 0.3) is 0 Å². The number of fused-ring (bicyclic) bond motifs is 1. The Balaban J connectivity index is 1.49. The van der Waals surface area contributed by atoms with Crippen LogP contribution in [-0.2, 0) is 25.5 Å². The molecule has 198 valence electrons. The molecule has 0 aromatic heterocycles. The van der Waals surface area contributed by atoms with Gasteiger partial charge in [-0.05, 0) is 66.9 Å². The highest BCUT2D eigenvalue weighted by atomic mass is 79.9. The summed E-state index contributed by atoms with van der Waals surface area (Å²) in [5, 5.41) is 5.86. The summed E-state index contributed by atoms with van der Waals surface area (Å²) < 4.78 is 11.2. The number of carbonyl (C=O) groups excluding carboxylic acids is 3. The van der Waals surface area contributed by atoms with Gasteiger partial charge >= 0.3 is 12.0 Å². The number of ether oxygens (including phenoxy) is 2. The number of urea groups is 1. The molecular formula is C27H33BrN4O5. The second-order valence-electron chi connectivity index (χ2n) is 9.67. The molecule has 10 heteroatoms. The molecule has 37 heavy (non-hydrogen) atoms. The largest absolute Gasteiger partial charge is 0.467 e. The second-order valence-corrected chi connectivity index (χ2v) is 10.6. The topological polar surface area (TPSA) is 100 Å². The maximum Gasteiger partial charge on any atom is 0.331 e. The zero-order valence-corrected chi connectivity index (χ0v) is 22.9. The molecule has 2 N–H and O–H groups in total. The van der Waals surface area contributed by atoms with Crippen LogP contribution in [0, 0.1) is 0 Å². The Hall–Kier alpha value is -2.95. The van der Waals surface area contributed by atoms with Gasteiger partial charge in [-0.3, -0.25) is 4.79 Å². The van der Waals surface area contributed by atoms with Crippen molar-refractivity contribution in [3.05, 3.63) is 58.1 Å². The van der Waals surface area contributed by atoms with Crippen LogP contribution in [0.15, 0.2) is 46.9 Å². The number of hydrogen-bond donors (Lipinski definition) is 2. The van der Waals surface area contributed by atoms with Crippen LogP contribution in [0.4, 0.5) is 16.2 Å². The van der Waals surface area contributed by atoms with E-state index in [1.54, 1.807) is 12.1 Å². The van der Waals surface area contributed by atoms with Crippen molar-refractivity contribution in [3.8, 4) is 0 Å². The first-order valence-corrected chi connectivity index (χ1v) is 13.2. The monoisotopic (exact) mass is 572 g/mol. The van der Waals surface area contributed by atoms with E-state index in [1.807, 2.05) is 24.3 Å². The van der Waals surface area contributed by atoms with E-state index in [0.29, 0.717) is 17.3 Å². The van der Waals surface area contributed by atoms with Gasteiger partial charge in [0.05, 0.1) is 13.2 Å². The van der Waals surface area contributed by atoms with Crippen molar-refractivity contribution in [2.45, 2.75) is 37.8 Å². The van der Waals surface area contributed by atoms with Crippen molar-refractivity contribution >= 4 is 45.2 Å². The number of esters is 1. The van der Waals surface area contributed by atoms with E-state index >= 15 is 0 Å². The lowest BCUT2D eigenvalue weighted by atomic mass is 9.94. The number of benzene rings is 2. The zero-order chi connectivity index (χ0) is 26.5. The highest BCUT2D eigenvalue weighted by Gasteiger charge is 2.40. The molecule has 1 saturated heterocycles. The Morgan fingerprint density at radius 3 is 2.51 bits per heavy atom. The lowest BCUT2D eigenvalue weighted by molar-refractivity contribution is -0.147. The van der Waals surface area contributed by atoms with Crippen molar-refractivity contribution in [1.29, 1.82) is 0 Å². The summed E-state index contributed by atoms with van der Waals surface area (Å²) in [6.45, 7) is 4.08. The molecule has 0 aliphatic carbocycles. The van der Waals surface area contributed by atoms with E-state index in [1.165, 1.54) is 23.1 Å². The number of methoxy groups -OCH3 is 1. The van der Waals surface area contributed by atoms with Gasteiger partial charge in [0, 0.05) is 41.9 Å². The van der Waals surface area contributed by atoms with E-state index < -0.39 is 24.1 Å². The predicted molar refractivity (Wildman–Crippen MR) is 145 cm³/mol. The van der Waals surface area contributed by atoms with E-state index in [0.717, 1.165) is 24.0 Å². The number of halogens is 1. The maximum atomic E-state index is 13.4. The number of likely N-dealkylation sites (tertiary alicyclic amines) is 1. The van der Waals surface area contributed by atoms with Gasteiger partial charge in [0.15, 0.2) is 0 Å². The first kappa shape index (κ1) is 27.1. The van der Waals surface area contributed by atoms with Gasteiger partial charge in [-0.25, -0.2) is 9.59 Å². The zero-order valence-electron chi connectivity index (χ0n) is 21.3. The molecule has 0 bridgehead atoms. The summed E-state index contributed by atoms with van der Waals surface area (Å²) in [4.78, 5) is 42.0. The summed E-state index contributed by atoms with van der Waals surface area (Å²) in [6, 6.07) is 12.1. The molecule has 0 spiro atoms. The quantitative estimate of drug-likeness (QED) is 0.510. The van der Waals surface area contributed by atoms with Crippen molar-refractivity contribution in [2.24, 2.45) is 0 Å². The van der Waals surface area contributed by atoms with Crippen molar-refractivity contribution < 1.29 is 23.9 Å². The minimum atomic E-state index is -0.763. The van der Waals surface area contributed by atoms with E-state index in [4.69, 9.17) is 4.74 Å². The number of carbonyl (C=O) groups is 3. The van der Waals surface area contributed by atoms with Crippen LogP contribution in [0.1, 0.15) is 30.4 Å². The van der Waals surface area contributed by atoms with Crippen molar-refractivity contribution in [2.75, 3.05) is 51.0 Å².